The maximum Gasteiger partial charge on any atom is 0.260 e. The molecule has 2 atom stereocenters. The van der Waals surface area contributed by atoms with Gasteiger partial charge in [0.1, 0.15) is 12.1 Å². The second kappa shape index (κ2) is 10.4. The number of halogens is 2. The molecular formula is C23H26FIN2O4. The van der Waals surface area contributed by atoms with Crippen LogP contribution in [0.4, 0.5) is 4.39 Å². The number of ether oxygens (including phenoxy) is 2. The largest absolute Gasteiger partial charge is 0.493 e. The molecule has 0 bridgehead atoms. The molecule has 1 saturated heterocycles. The van der Waals surface area contributed by atoms with Crippen molar-refractivity contribution in [2.75, 3.05) is 26.8 Å². The monoisotopic (exact) mass is 540 g/mol. The number of amides is 1. The maximum absolute atomic E-state index is 13.2. The first-order valence-electron chi connectivity index (χ1n) is 10.1. The lowest BCUT2D eigenvalue weighted by molar-refractivity contribution is -0.139. The fourth-order valence-corrected chi connectivity index (χ4v) is 4.54. The van der Waals surface area contributed by atoms with E-state index in [2.05, 4.69) is 34.4 Å². The quantitative estimate of drug-likeness (QED) is 0.396. The number of carbonyl (C=O) groups excluding carboxylic acids is 2. The van der Waals surface area contributed by atoms with Crippen LogP contribution in [0.1, 0.15) is 29.8 Å². The van der Waals surface area contributed by atoms with Crippen LogP contribution in [0.2, 0.25) is 0 Å². The van der Waals surface area contributed by atoms with Gasteiger partial charge in [-0.1, -0.05) is 12.1 Å². The van der Waals surface area contributed by atoms with E-state index in [0.29, 0.717) is 33.7 Å². The second-order valence-corrected chi connectivity index (χ2v) is 8.90. The molecule has 31 heavy (non-hydrogen) atoms. The number of benzene rings is 2. The van der Waals surface area contributed by atoms with Crippen molar-refractivity contribution >= 4 is 34.8 Å². The van der Waals surface area contributed by atoms with Crippen LogP contribution in [0.15, 0.2) is 36.4 Å². The molecule has 0 spiro atoms. The highest BCUT2D eigenvalue weighted by molar-refractivity contribution is 14.1. The highest BCUT2D eigenvalue weighted by Crippen LogP contribution is 2.33. The Morgan fingerprint density at radius 1 is 1.19 bits per heavy atom. The summed E-state index contributed by atoms with van der Waals surface area (Å²) in [6.07, 6.45) is 0.744. The second-order valence-electron chi connectivity index (χ2n) is 7.74. The SMILES string of the molecule is COc1cc(C=O)cc(I)c1OCC(=O)N1C[C@@H](C)N(Cc2ccc(F)cc2)C[C@@H]1C. The minimum absolute atomic E-state index is 0.0196. The Labute approximate surface area is 195 Å². The van der Waals surface area contributed by atoms with E-state index in [1.54, 1.807) is 24.3 Å². The van der Waals surface area contributed by atoms with Gasteiger partial charge in [-0.25, -0.2) is 4.39 Å². The van der Waals surface area contributed by atoms with Crippen molar-refractivity contribution in [3.8, 4) is 11.5 Å². The van der Waals surface area contributed by atoms with Crippen molar-refractivity contribution in [1.29, 1.82) is 0 Å². The first-order chi connectivity index (χ1) is 14.8. The smallest absolute Gasteiger partial charge is 0.260 e. The molecule has 0 radical (unpaired) electrons. The van der Waals surface area contributed by atoms with Crippen molar-refractivity contribution in [2.24, 2.45) is 0 Å². The van der Waals surface area contributed by atoms with Gasteiger partial charge in [0.2, 0.25) is 0 Å². The minimum atomic E-state index is -0.243. The summed E-state index contributed by atoms with van der Waals surface area (Å²) in [6, 6.07) is 9.99. The van der Waals surface area contributed by atoms with Crippen LogP contribution < -0.4 is 9.47 Å². The van der Waals surface area contributed by atoms with Gasteiger partial charge in [-0.15, -0.1) is 0 Å². The number of hydrogen-bond donors (Lipinski definition) is 0. The average molecular weight is 540 g/mol. The Morgan fingerprint density at radius 3 is 2.55 bits per heavy atom. The Balaban J connectivity index is 1.62. The number of carbonyl (C=O) groups is 2. The number of nitrogens with zero attached hydrogens (tertiary/aromatic N) is 2. The van der Waals surface area contributed by atoms with Gasteiger partial charge >= 0.3 is 0 Å². The van der Waals surface area contributed by atoms with Crippen LogP contribution in [0.25, 0.3) is 0 Å². The van der Waals surface area contributed by atoms with E-state index in [1.165, 1.54) is 19.2 Å². The van der Waals surface area contributed by atoms with Crippen molar-refractivity contribution in [3.05, 3.63) is 56.9 Å². The third kappa shape index (κ3) is 5.74. The van der Waals surface area contributed by atoms with Gasteiger partial charge in [-0.05, 0) is 66.3 Å². The van der Waals surface area contributed by atoms with E-state index in [-0.39, 0.29) is 30.4 Å². The molecule has 1 amide bonds. The molecule has 8 heteroatoms. The normalized spacial score (nSPS) is 19.2. The first-order valence-corrected chi connectivity index (χ1v) is 11.1. The van der Waals surface area contributed by atoms with E-state index in [4.69, 9.17) is 9.47 Å². The zero-order chi connectivity index (χ0) is 22.5. The number of piperazine rings is 1. The van der Waals surface area contributed by atoms with Gasteiger partial charge < -0.3 is 14.4 Å². The summed E-state index contributed by atoms with van der Waals surface area (Å²) in [5.41, 5.74) is 1.53. The standard InChI is InChI=1S/C23H26FIN2O4/c1-15-11-27(16(2)10-26(15)12-17-4-6-19(24)7-5-17)22(29)14-31-23-20(25)8-18(13-28)9-21(23)30-3/h4-9,13,15-16H,10-12,14H2,1-3H3/t15-,16+/m1/s1. The van der Waals surface area contributed by atoms with Crippen molar-refractivity contribution in [3.63, 3.8) is 0 Å². The Morgan fingerprint density at radius 2 is 1.90 bits per heavy atom. The highest BCUT2D eigenvalue weighted by Gasteiger charge is 2.32. The van der Waals surface area contributed by atoms with Crippen LogP contribution in [0, 0.1) is 9.39 Å². The van der Waals surface area contributed by atoms with Crippen LogP contribution in [0.5, 0.6) is 11.5 Å². The lowest BCUT2D eigenvalue weighted by atomic mass is 10.1. The first kappa shape index (κ1) is 23.5. The summed E-state index contributed by atoms with van der Waals surface area (Å²) in [6.45, 7) is 6.01. The van der Waals surface area contributed by atoms with Crippen LogP contribution in [-0.2, 0) is 11.3 Å². The van der Waals surface area contributed by atoms with Gasteiger partial charge in [0.25, 0.3) is 5.91 Å². The number of methoxy groups -OCH3 is 1. The van der Waals surface area contributed by atoms with Crippen LogP contribution in [-0.4, -0.2) is 60.9 Å². The predicted octanol–water partition coefficient (Wildman–Crippen LogP) is 3.75. The summed E-state index contributed by atoms with van der Waals surface area (Å²) in [5.74, 6) is 0.538. The number of aldehydes is 1. The zero-order valence-corrected chi connectivity index (χ0v) is 20.0. The molecule has 6 nitrogen and oxygen atoms in total. The van der Waals surface area contributed by atoms with Gasteiger partial charge in [0.05, 0.1) is 10.7 Å². The molecule has 0 N–H and O–H groups in total. The summed E-state index contributed by atoms with van der Waals surface area (Å²) in [4.78, 5) is 28.1. The zero-order valence-electron chi connectivity index (χ0n) is 17.8. The Bertz CT molecular complexity index is 938. The van der Waals surface area contributed by atoms with Crippen LogP contribution in [0.3, 0.4) is 0 Å². The third-order valence-corrected chi connectivity index (χ3v) is 6.26. The lowest BCUT2D eigenvalue weighted by Crippen LogP contribution is -2.58. The summed E-state index contributed by atoms with van der Waals surface area (Å²) >= 11 is 2.06. The molecule has 1 fully saturated rings. The molecule has 166 valence electrons. The van der Waals surface area contributed by atoms with Crippen molar-refractivity contribution < 1.29 is 23.5 Å². The lowest BCUT2D eigenvalue weighted by Gasteiger charge is -2.44. The number of rotatable bonds is 7. The molecule has 0 aromatic heterocycles. The van der Waals surface area contributed by atoms with E-state index in [1.807, 2.05) is 11.8 Å². The molecule has 1 aliphatic heterocycles. The van der Waals surface area contributed by atoms with Gasteiger partial charge in [-0.3, -0.25) is 14.5 Å². The van der Waals surface area contributed by atoms with Crippen LogP contribution >= 0.6 is 22.6 Å². The topological polar surface area (TPSA) is 59.1 Å². The molecular weight excluding hydrogens is 514 g/mol. The summed E-state index contributed by atoms with van der Waals surface area (Å²) < 4.78 is 25.0. The number of hydrogen-bond acceptors (Lipinski definition) is 5. The van der Waals surface area contributed by atoms with E-state index in [9.17, 15) is 14.0 Å². The summed E-state index contributed by atoms with van der Waals surface area (Å²) in [7, 11) is 1.50. The van der Waals surface area contributed by atoms with Gasteiger partial charge in [-0.2, -0.15) is 0 Å². The predicted molar refractivity (Wildman–Crippen MR) is 124 cm³/mol. The van der Waals surface area contributed by atoms with Crippen molar-refractivity contribution in [2.45, 2.75) is 32.5 Å². The van der Waals surface area contributed by atoms with E-state index in [0.717, 1.165) is 18.4 Å². The minimum Gasteiger partial charge on any atom is -0.493 e. The molecule has 2 aromatic rings. The summed E-state index contributed by atoms with van der Waals surface area (Å²) in [5, 5.41) is 0. The molecule has 0 unspecified atom stereocenters. The third-order valence-electron chi connectivity index (χ3n) is 5.46. The molecule has 1 aliphatic rings. The fourth-order valence-electron chi connectivity index (χ4n) is 3.76. The molecule has 3 rings (SSSR count). The highest BCUT2D eigenvalue weighted by atomic mass is 127. The van der Waals surface area contributed by atoms with Crippen molar-refractivity contribution in [1.82, 2.24) is 9.80 Å². The molecule has 1 heterocycles. The van der Waals surface area contributed by atoms with Gasteiger partial charge in [0.15, 0.2) is 18.1 Å². The Hall–Kier alpha value is -2.20. The molecule has 0 saturated carbocycles. The van der Waals surface area contributed by atoms with E-state index < -0.39 is 0 Å². The van der Waals surface area contributed by atoms with E-state index >= 15 is 0 Å². The fraction of sp³-hybridized carbons (Fsp3) is 0.391. The average Bonchev–Trinajstić information content (AvgIpc) is 2.75. The molecule has 0 aliphatic carbocycles. The van der Waals surface area contributed by atoms with Gasteiger partial charge in [0, 0.05) is 37.3 Å². The maximum atomic E-state index is 13.2. The molecule has 2 aromatic carbocycles. The Kier molecular flexibility index (Phi) is 7.88.